The highest BCUT2D eigenvalue weighted by molar-refractivity contribution is 4.57. The molecule has 0 spiro atoms. The fourth-order valence-corrected chi connectivity index (χ4v) is 0. The predicted octanol–water partition coefficient (Wildman–Crippen LogP) is -1.50. The summed E-state index contributed by atoms with van der Waals surface area (Å²) in [5.74, 6) is 0. The number of rotatable bonds is 0. The van der Waals surface area contributed by atoms with E-state index in [2.05, 4.69) is 41.9 Å². The van der Waals surface area contributed by atoms with Crippen LogP contribution in [0.4, 0.5) is 0 Å². The van der Waals surface area contributed by atoms with Gasteiger partial charge in [0, 0.05) is 0 Å². The molecule has 0 bridgehead atoms. The van der Waals surface area contributed by atoms with Crippen LogP contribution in [0.3, 0.4) is 0 Å². The van der Waals surface area contributed by atoms with Crippen LogP contribution in [-0.2, 0) is 0 Å². The Hall–Kier alpha value is 0.690. The molecule has 0 rings (SSSR count). The summed E-state index contributed by atoms with van der Waals surface area (Å²) in [5, 5.41) is 0. The second kappa shape index (κ2) is 3.19. The second-order valence-electron chi connectivity index (χ2n) is 4.18. The Balaban J connectivity index is 0. The van der Waals surface area contributed by atoms with Crippen LogP contribution < -0.4 is 24.0 Å². The second-order valence-corrected chi connectivity index (χ2v) is 4.18. The van der Waals surface area contributed by atoms with E-state index >= 15 is 0 Å². The molecule has 0 atom stereocenters. The lowest BCUT2D eigenvalue weighted by molar-refractivity contribution is -0.917. The van der Waals surface area contributed by atoms with Crippen molar-refractivity contribution in [1.82, 2.24) is 0 Å². The summed E-state index contributed by atoms with van der Waals surface area (Å²) < 4.78 is 1.02. The van der Waals surface area contributed by atoms with E-state index in [1.54, 1.807) is 0 Å². The molecule has 0 radical (unpaired) electrons. The topological polar surface area (TPSA) is 0 Å². The Morgan fingerprint density at radius 1 is 0.889 bits per heavy atom. The fraction of sp³-hybridized carbons (Fsp3) is 1.00. The van der Waals surface area contributed by atoms with Crippen LogP contribution in [0.15, 0.2) is 0 Å². The van der Waals surface area contributed by atoms with E-state index in [0.29, 0.717) is 5.54 Å². The standard InChI is InChI=1S/C7H18N.HI/c1-7(2,3)8(4,5)6;/h1-6H3;1H/q+1;/p-1. The molecule has 0 unspecified atom stereocenters. The van der Waals surface area contributed by atoms with Gasteiger partial charge in [0.25, 0.3) is 0 Å². The maximum atomic E-state index is 2.24. The van der Waals surface area contributed by atoms with Gasteiger partial charge in [0.15, 0.2) is 0 Å². The minimum Gasteiger partial charge on any atom is -1.00 e. The monoisotopic (exact) mass is 243 g/mol. The Bertz CT molecular complexity index is 63.9. The Labute approximate surface area is 76.0 Å². The van der Waals surface area contributed by atoms with Gasteiger partial charge in [0.1, 0.15) is 0 Å². The molecule has 0 fully saturated rings. The largest absolute Gasteiger partial charge is 1.00 e. The van der Waals surface area contributed by atoms with Crippen molar-refractivity contribution >= 4 is 0 Å². The fourth-order valence-electron chi connectivity index (χ4n) is 0. The van der Waals surface area contributed by atoms with Gasteiger partial charge in [-0.3, -0.25) is 0 Å². The molecule has 9 heavy (non-hydrogen) atoms. The van der Waals surface area contributed by atoms with E-state index in [1.165, 1.54) is 0 Å². The number of nitrogens with zero attached hydrogens (tertiary/aromatic N) is 1. The number of hydrogen-bond acceptors (Lipinski definition) is 0. The average molecular weight is 243 g/mol. The summed E-state index contributed by atoms with van der Waals surface area (Å²) in [6, 6.07) is 0. The first kappa shape index (κ1) is 12.4. The summed E-state index contributed by atoms with van der Waals surface area (Å²) in [4.78, 5) is 0. The molecule has 58 valence electrons. The van der Waals surface area contributed by atoms with Gasteiger partial charge < -0.3 is 28.5 Å². The van der Waals surface area contributed by atoms with Crippen molar-refractivity contribution < 1.29 is 28.5 Å². The van der Waals surface area contributed by atoms with Crippen molar-refractivity contribution in [2.75, 3.05) is 21.1 Å². The molecular formula is C7H18IN. The molecule has 0 aromatic rings. The van der Waals surface area contributed by atoms with Crippen molar-refractivity contribution in [2.45, 2.75) is 26.3 Å². The van der Waals surface area contributed by atoms with Crippen LogP contribution in [0.5, 0.6) is 0 Å². The van der Waals surface area contributed by atoms with E-state index < -0.39 is 0 Å². The molecule has 0 aromatic carbocycles. The molecule has 0 heterocycles. The molecule has 0 aliphatic heterocycles. The lowest BCUT2D eigenvalue weighted by atomic mass is 10.1. The van der Waals surface area contributed by atoms with Gasteiger partial charge in [-0.05, 0) is 20.8 Å². The van der Waals surface area contributed by atoms with Gasteiger partial charge in [-0.15, -0.1) is 0 Å². The van der Waals surface area contributed by atoms with Crippen molar-refractivity contribution in [3.05, 3.63) is 0 Å². The van der Waals surface area contributed by atoms with E-state index in [9.17, 15) is 0 Å². The van der Waals surface area contributed by atoms with Crippen molar-refractivity contribution in [3.8, 4) is 0 Å². The van der Waals surface area contributed by atoms with Crippen molar-refractivity contribution in [1.29, 1.82) is 0 Å². The van der Waals surface area contributed by atoms with Gasteiger partial charge in [0.2, 0.25) is 0 Å². The first-order chi connectivity index (χ1) is 3.25. The van der Waals surface area contributed by atoms with Crippen LogP contribution in [0.25, 0.3) is 0 Å². The third-order valence-electron chi connectivity index (χ3n) is 2.01. The average Bonchev–Trinajstić information content (AvgIpc) is 1.25. The summed E-state index contributed by atoms with van der Waals surface area (Å²) in [6.45, 7) is 6.73. The van der Waals surface area contributed by atoms with Gasteiger partial charge >= 0.3 is 0 Å². The highest BCUT2D eigenvalue weighted by atomic mass is 127. The smallest absolute Gasteiger partial charge is 0.0901 e. The summed E-state index contributed by atoms with van der Waals surface area (Å²) in [7, 11) is 6.62. The molecular weight excluding hydrogens is 225 g/mol. The van der Waals surface area contributed by atoms with Gasteiger partial charge in [-0.2, -0.15) is 0 Å². The molecule has 0 aromatic heterocycles. The lowest BCUT2D eigenvalue weighted by Gasteiger charge is -2.38. The quantitative estimate of drug-likeness (QED) is 0.358. The Kier molecular flexibility index (Phi) is 4.39. The minimum atomic E-state index is 0. The lowest BCUT2D eigenvalue weighted by Crippen LogP contribution is -3.00. The Morgan fingerprint density at radius 2 is 1.00 bits per heavy atom. The minimum absolute atomic E-state index is 0. The third kappa shape index (κ3) is 4.14. The number of hydrogen-bond donors (Lipinski definition) is 0. The maximum Gasteiger partial charge on any atom is 0.0901 e. The highest BCUT2D eigenvalue weighted by Gasteiger charge is 2.25. The summed E-state index contributed by atoms with van der Waals surface area (Å²) in [5.41, 5.74) is 0.375. The first-order valence-electron chi connectivity index (χ1n) is 3.07. The van der Waals surface area contributed by atoms with Gasteiger partial charge in [-0.1, -0.05) is 0 Å². The van der Waals surface area contributed by atoms with Crippen LogP contribution in [0.2, 0.25) is 0 Å². The molecule has 0 aliphatic carbocycles. The first-order valence-corrected chi connectivity index (χ1v) is 3.07. The maximum absolute atomic E-state index is 2.24. The third-order valence-corrected chi connectivity index (χ3v) is 2.01. The normalized spacial score (nSPS) is 12.7. The molecule has 0 saturated carbocycles. The van der Waals surface area contributed by atoms with Crippen LogP contribution in [0.1, 0.15) is 20.8 Å². The van der Waals surface area contributed by atoms with Crippen LogP contribution in [0, 0.1) is 0 Å². The molecule has 0 amide bonds. The van der Waals surface area contributed by atoms with Gasteiger partial charge in [-0.25, -0.2) is 0 Å². The number of quaternary nitrogens is 1. The highest BCUT2D eigenvalue weighted by Crippen LogP contribution is 2.14. The van der Waals surface area contributed by atoms with Crippen molar-refractivity contribution in [3.63, 3.8) is 0 Å². The molecule has 2 heteroatoms. The van der Waals surface area contributed by atoms with E-state index in [0.717, 1.165) is 4.48 Å². The zero-order chi connectivity index (χ0) is 7.00. The molecule has 0 saturated heterocycles. The SMILES string of the molecule is CC(C)(C)[N+](C)(C)C.[I-]. The van der Waals surface area contributed by atoms with Crippen LogP contribution >= 0.6 is 0 Å². The Morgan fingerprint density at radius 3 is 1.00 bits per heavy atom. The molecule has 1 nitrogen and oxygen atoms in total. The summed E-state index contributed by atoms with van der Waals surface area (Å²) in [6.07, 6.45) is 0. The van der Waals surface area contributed by atoms with Crippen molar-refractivity contribution in [2.24, 2.45) is 0 Å². The van der Waals surface area contributed by atoms with E-state index in [-0.39, 0.29) is 24.0 Å². The molecule has 0 aliphatic rings. The number of halogens is 1. The van der Waals surface area contributed by atoms with Crippen LogP contribution in [-0.4, -0.2) is 31.2 Å². The van der Waals surface area contributed by atoms with E-state index in [1.807, 2.05) is 0 Å². The summed E-state index contributed by atoms with van der Waals surface area (Å²) >= 11 is 0. The predicted molar refractivity (Wildman–Crippen MR) is 37.8 cm³/mol. The zero-order valence-electron chi connectivity index (χ0n) is 7.33. The molecule has 0 N–H and O–H groups in total. The van der Waals surface area contributed by atoms with Gasteiger partial charge in [0.05, 0.1) is 26.7 Å². The zero-order valence-corrected chi connectivity index (χ0v) is 9.48. The van der Waals surface area contributed by atoms with E-state index in [4.69, 9.17) is 0 Å².